The smallest absolute Gasteiger partial charge is 0.292 e. The minimum Gasteiger partial charge on any atom is -0.450 e. The van der Waals surface area contributed by atoms with Gasteiger partial charge in [-0.15, -0.1) is 0 Å². The summed E-state index contributed by atoms with van der Waals surface area (Å²) in [5.41, 5.74) is 1.66. The predicted octanol–water partition coefficient (Wildman–Crippen LogP) is 4.12. The third kappa shape index (κ3) is 2.85. The number of amides is 1. The predicted molar refractivity (Wildman–Crippen MR) is 84.4 cm³/mol. The molecule has 0 radical (unpaired) electrons. The molecular formula is C15H14BrN3O2. The van der Waals surface area contributed by atoms with Gasteiger partial charge >= 0.3 is 0 Å². The van der Waals surface area contributed by atoms with Crippen LogP contribution >= 0.6 is 15.9 Å². The molecule has 108 valence electrons. The number of aryl methyl sites for hydroxylation is 1. The highest BCUT2D eigenvalue weighted by Crippen LogP contribution is 2.27. The van der Waals surface area contributed by atoms with Crippen LogP contribution in [0, 0.1) is 0 Å². The molecule has 2 aromatic heterocycles. The van der Waals surface area contributed by atoms with E-state index in [-0.39, 0.29) is 11.7 Å². The van der Waals surface area contributed by atoms with Gasteiger partial charge in [-0.2, -0.15) is 5.10 Å². The van der Waals surface area contributed by atoms with E-state index < -0.39 is 0 Å². The van der Waals surface area contributed by atoms with Crippen molar-refractivity contribution in [1.29, 1.82) is 0 Å². The van der Waals surface area contributed by atoms with Crippen molar-refractivity contribution in [3.8, 4) is 0 Å². The average molecular weight is 348 g/mol. The molecule has 2 heterocycles. The average Bonchev–Trinajstić information content (AvgIpc) is 3.07. The molecule has 21 heavy (non-hydrogen) atoms. The van der Waals surface area contributed by atoms with Gasteiger partial charge in [-0.1, -0.05) is 25.5 Å². The van der Waals surface area contributed by atoms with Crippen LogP contribution < -0.4 is 5.32 Å². The summed E-state index contributed by atoms with van der Waals surface area (Å²) in [5, 5.41) is 10.6. The number of fused-ring (bicyclic) bond motifs is 1. The molecule has 0 fully saturated rings. The van der Waals surface area contributed by atoms with Crippen LogP contribution in [-0.4, -0.2) is 16.1 Å². The van der Waals surface area contributed by atoms with E-state index in [1.807, 2.05) is 24.3 Å². The molecule has 0 saturated carbocycles. The molecule has 0 aliphatic heterocycles. The third-order valence-corrected chi connectivity index (χ3v) is 3.74. The molecule has 0 saturated heterocycles. The van der Waals surface area contributed by atoms with Crippen LogP contribution in [-0.2, 0) is 6.42 Å². The van der Waals surface area contributed by atoms with Crippen molar-refractivity contribution >= 4 is 38.6 Å². The molecule has 0 spiro atoms. The first kappa shape index (κ1) is 13.9. The number of halogens is 1. The first-order chi connectivity index (χ1) is 10.2. The molecule has 3 rings (SSSR count). The summed E-state index contributed by atoms with van der Waals surface area (Å²) >= 11 is 3.40. The van der Waals surface area contributed by atoms with Gasteiger partial charge in [-0.3, -0.25) is 9.89 Å². The first-order valence-electron chi connectivity index (χ1n) is 6.71. The highest BCUT2D eigenvalue weighted by molar-refractivity contribution is 9.10. The minimum atomic E-state index is -0.312. The maximum Gasteiger partial charge on any atom is 0.292 e. The molecule has 0 bridgehead atoms. The Bertz CT molecular complexity index is 791. The molecule has 3 aromatic rings. The van der Waals surface area contributed by atoms with Crippen molar-refractivity contribution in [2.75, 3.05) is 5.32 Å². The Morgan fingerprint density at radius 1 is 1.43 bits per heavy atom. The highest BCUT2D eigenvalue weighted by atomic mass is 79.9. The molecule has 2 N–H and O–H groups in total. The number of benzene rings is 1. The second kappa shape index (κ2) is 5.73. The fourth-order valence-electron chi connectivity index (χ4n) is 2.14. The molecule has 0 aliphatic rings. The summed E-state index contributed by atoms with van der Waals surface area (Å²) in [4.78, 5) is 12.2. The van der Waals surface area contributed by atoms with Crippen molar-refractivity contribution in [1.82, 2.24) is 10.2 Å². The minimum absolute atomic E-state index is 0.261. The number of furan rings is 1. The maximum atomic E-state index is 12.2. The maximum absolute atomic E-state index is 12.2. The van der Waals surface area contributed by atoms with E-state index in [2.05, 4.69) is 38.4 Å². The van der Waals surface area contributed by atoms with Gasteiger partial charge in [0, 0.05) is 17.1 Å². The lowest BCUT2D eigenvalue weighted by molar-refractivity contribution is 0.0998. The van der Waals surface area contributed by atoms with Crippen molar-refractivity contribution in [3.63, 3.8) is 0 Å². The summed E-state index contributed by atoms with van der Waals surface area (Å²) in [5.74, 6) is 0.451. The number of hydrogen-bond donors (Lipinski definition) is 2. The topological polar surface area (TPSA) is 70.9 Å². The van der Waals surface area contributed by atoms with E-state index in [0.29, 0.717) is 11.4 Å². The monoisotopic (exact) mass is 347 g/mol. The zero-order chi connectivity index (χ0) is 14.8. The van der Waals surface area contributed by atoms with Crippen LogP contribution in [0.15, 0.2) is 39.2 Å². The largest absolute Gasteiger partial charge is 0.450 e. The van der Waals surface area contributed by atoms with Gasteiger partial charge in [0.05, 0.1) is 4.47 Å². The number of anilines is 1. The van der Waals surface area contributed by atoms with Gasteiger partial charge in [0.25, 0.3) is 5.91 Å². The van der Waals surface area contributed by atoms with E-state index in [4.69, 9.17) is 4.42 Å². The lowest BCUT2D eigenvalue weighted by Crippen LogP contribution is -2.10. The van der Waals surface area contributed by atoms with Gasteiger partial charge in [0.1, 0.15) is 5.58 Å². The van der Waals surface area contributed by atoms with Gasteiger partial charge in [0.2, 0.25) is 0 Å². The van der Waals surface area contributed by atoms with Crippen LogP contribution in [0.5, 0.6) is 0 Å². The van der Waals surface area contributed by atoms with E-state index in [9.17, 15) is 4.79 Å². The van der Waals surface area contributed by atoms with Gasteiger partial charge < -0.3 is 9.73 Å². The Morgan fingerprint density at radius 3 is 3.05 bits per heavy atom. The van der Waals surface area contributed by atoms with Crippen LogP contribution in [0.4, 0.5) is 5.82 Å². The number of carbonyl (C=O) groups excluding carboxylic acids is 1. The Morgan fingerprint density at radius 2 is 2.29 bits per heavy atom. The summed E-state index contributed by atoms with van der Waals surface area (Å²) in [6.45, 7) is 2.09. The summed E-state index contributed by atoms with van der Waals surface area (Å²) in [7, 11) is 0. The summed E-state index contributed by atoms with van der Waals surface area (Å²) in [6.07, 6.45) is 1.92. The number of nitrogens with zero attached hydrogens (tertiary/aromatic N) is 1. The molecule has 5 nitrogen and oxygen atoms in total. The normalized spacial score (nSPS) is 11.0. The summed E-state index contributed by atoms with van der Waals surface area (Å²) in [6, 6.07) is 9.22. The van der Waals surface area contributed by atoms with E-state index in [1.165, 1.54) is 0 Å². The zero-order valence-corrected chi connectivity index (χ0v) is 13.0. The molecule has 0 atom stereocenters. The number of para-hydroxylation sites is 1. The van der Waals surface area contributed by atoms with E-state index >= 15 is 0 Å². The molecular weight excluding hydrogens is 334 g/mol. The lowest BCUT2D eigenvalue weighted by Gasteiger charge is -1.97. The Kier molecular flexibility index (Phi) is 3.79. The number of carbonyl (C=O) groups is 1. The number of hydrogen-bond acceptors (Lipinski definition) is 3. The fraction of sp³-hybridized carbons (Fsp3) is 0.200. The third-order valence-electron chi connectivity index (χ3n) is 3.11. The molecule has 0 aliphatic carbocycles. The second-order valence-corrected chi connectivity index (χ2v) is 5.61. The van der Waals surface area contributed by atoms with E-state index in [1.54, 1.807) is 6.07 Å². The van der Waals surface area contributed by atoms with Crippen LogP contribution in [0.1, 0.15) is 29.6 Å². The lowest BCUT2D eigenvalue weighted by atomic mass is 10.2. The quantitative estimate of drug-likeness (QED) is 0.745. The molecule has 6 heteroatoms. The molecule has 0 unspecified atom stereocenters. The van der Waals surface area contributed by atoms with Gasteiger partial charge in [0.15, 0.2) is 11.6 Å². The van der Waals surface area contributed by atoms with Crippen LogP contribution in [0.2, 0.25) is 0 Å². The number of aromatic nitrogens is 2. The fourth-order valence-corrected chi connectivity index (χ4v) is 2.60. The van der Waals surface area contributed by atoms with Crippen molar-refractivity contribution < 1.29 is 9.21 Å². The van der Waals surface area contributed by atoms with Gasteiger partial charge in [-0.25, -0.2) is 0 Å². The molecule has 1 amide bonds. The van der Waals surface area contributed by atoms with Crippen molar-refractivity contribution in [3.05, 3.63) is 46.3 Å². The van der Waals surface area contributed by atoms with E-state index in [0.717, 1.165) is 28.4 Å². The summed E-state index contributed by atoms with van der Waals surface area (Å²) < 4.78 is 6.41. The van der Waals surface area contributed by atoms with Crippen molar-refractivity contribution in [2.45, 2.75) is 19.8 Å². The SMILES string of the molecule is CCCc1cc(NC(=O)c2cc3cccc(Br)c3o2)n[nH]1. The van der Waals surface area contributed by atoms with Crippen molar-refractivity contribution in [2.24, 2.45) is 0 Å². The van der Waals surface area contributed by atoms with Crippen LogP contribution in [0.3, 0.4) is 0 Å². The number of H-pyrrole nitrogens is 1. The second-order valence-electron chi connectivity index (χ2n) is 4.75. The Balaban J connectivity index is 1.81. The Hall–Kier alpha value is -2.08. The Labute approximate surface area is 129 Å². The number of nitrogens with one attached hydrogen (secondary N) is 2. The number of aromatic amines is 1. The van der Waals surface area contributed by atoms with Gasteiger partial charge in [-0.05, 0) is 34.5 Å². The van der Waals surface area contributed by atoms with Crippen LogP contribution in [0.25, 0.3) is 11.0 Å². The highest BCUT2D eigenvalue weighted by Gasteiger charge is 2.15. The molecule has 1 aromatic carbocycles. The first-order valence-corrected chi connectivity index (χ1v) is 7.50. The zero-order valence-electron chi connectivity index (χ0n) is 11.4. The standard InChI is InChI=1S/C15H14BrN3O2/c1-2-4-10-8-13(19-18-10)17-15(20)12-7-9-5-3-6-11(16)14(9)21-12/h3,5-8H,2,4H2,1H3,(H2,17,18,19,20). The number of rotatable bonds is 4.